The Bertz CT molecular complexity index is 294. The lowest BCUT2D eigenvalue weighted by Crippen LogP contribution is -2.53. The van der Waals surface area contributed by atoms with Crippen molar-refractivity contribution < 1.29 is 4.79 Å². The van der Waals surface area contributed by atoms with Gasteiger partial charge in [-0.25, -0.2) is 0 Å². The molecule has 0 aromatic heterocycles. The van der Waals surface area contributed by atoms with Crippen LogP contribution in [0.2, 0.25) is 0 Å². The summed E-state index contributed by atoms with van der Waals surface area (Å²) in [5.74, 6) is 0.673. The first kappa shape index (κ1) is 14.8. The molecule has 1 aliphatic heterocycles. The minimum absolute atomic E-state index is 0.176. The van der Waals surface area contributed by atoms with Crippen molar-refractivity contribution in [2.45, 2.75) is 52.1 Å². The number of hydrogen-bond acceptors (Lipinski definition) is 3. The molecule has 4 heteroatoms. The molecule has 1 aliphatic carbocycles. The number of nitrogens with zero attached hydrogens (tertiary/aromatic N) is 2. The van der Waals surface area contributed by atoms with Crippen LogP contribution < -0.4 is 5.32 Å². The molecule has 0 spiro atoms. The molecule has 19 heavy (non-hydrogen) atoms. The van der Waals surface area contributed by atoms with Crippen molar-refractivity contribution in [1.29, 1.82) is 0 Å². The van der Waals surface area contributed by atoms with Gasteiger partial charge in [-0.1, -0.05) is 20.8 Å². The van der Waals surface area contributed by atoms with E-state index in [2.05, 4.69) is 29.0 Å². The predicted molar refractivity (Wildman–Crippen MR) is 78.1 cm³/mol. The van der Waals surface area contributed by atoms with Crippen molar-refractivity contribution in [3.63, 3.8) is 0 Å². The van der Waals surface area contributed by atoms with Crippen LogP contribution in [0.1, 0.15) is 40.0 Å². The van der Waals surface area contributed by atoms with Gasteiger partial charge in [0.1, 0.15) is 0 Å². The van der Waals surface area contributed by atoms with Gasteiger partial charge in [-0.05, 0) is 18.8 Å². The standard InChI is InChI=1S/C15H29N3O/c1-4-15(19)16-14(12(2)3)11-17-7-9-18(10-8-17)13-5-6-13/h12-14H,4-11H2,1-3H3,(H,16,19). The number of carbonyl (C=O) groups excluding carboxylic acids is 1. The van der Waals surface area contributed by atoms with E-state index in [1.165, 1.54) is 25.9 Å². The van der Waals surface area contributed by atoms with E-state index in [4.69, 9.17) is 0 Å². The predicted octanol–water partition coefficient (Wildman–Crippen LogP) is 1.32. The summed E-state index contributed by atoms with van der Waals surface area (Å²) in [5, 5.41) is 3.17. The number of carbonyl (C=O) groups is 1. The van der Waals surface area contributed by atoms with Gasteiger partial charge in [0.25, 0.3) is 0 Å². The Morgan fingerprint density at radius 1 is 1.21 bits per heavy atom. The van der Waals surface area contributed by atoms with Crippen LogP contribution in [0.3, 0.4) is 0 Å². The van der Waals surface area contributed by atoms with Crippen molar-refractivity contribution in [2.24, 2.45) is 5.92 Å². The molecule has 2 rings (SSSR count). The molecule has 0 aromatic rings. The van der Waals surface area contributed by atoms with E-state index in [-0.39, 0.29) is 5.91 Å². The zero-order valence-electron chi connectivity index (χ0n) is 12.7. The van der Waals surface area contributed by atoms with Crippen molar-refractivity contribution in [3.8, 4) is 0 Å². The summed E-state index contributed by atoms with van der Waals surface area (Å²) in [5.41, 5.74) is 0. The number of amides is 1. The average molecular weight is 267 g/mol. The largest absolute Gasteiger partial charge is 0.352 e. The third-order valence-electron chi connectivity index (χ3n) is 4.40. The molecule has 2 fully saturated rings. The fourth-order valence-electron chi connectivity index (χ4n) is 2.76. The molecule has 1 amide bonds. The van der Waals surface area contributed by atoms with Crippen molar-refractivity contribution in [2.75, 3.05) is 32.7 Å². The second-order valence-electron chi connectivity index (χ2n) is 6.34. The molecule has 0 bridgehead atoms. The SMILES string of the molecule is CCC(=O)NC(CN1CCN(C2CC2)CC1)C(C)C. The summed E-state index contributed by atoms with van der Waals surface area (Å²) in [6.45, 7) is 12.0. The smallest absolute Gasteiger partial charge is 0.219 e. The molecule has 1 N–H and O–H groups in total. The van der Waals surface area contributed by atoms with Gasteiger partial charge in [-0.3, -0.25) is 14.6 Å². The summed E-state index contributed by atoms with van der Waals surface area (Å²) in [6, 6.07) is 1.18. The second-order valence-corrected chi connectivity index (χ2v) is 6.34. The Kier molecular flexibility index (Phi) is 5.22. The second kappa shape index (κ2) is 6.71. The third-order valence-corrected chi connectivity index (χ3v) is 4.40. The van der Waals surface area contributed by atoms with Crippen LogP contribution in [-0.4, -0.2) is 60.5 Å². The van der Waals surface area contributed by atoms with Gasteiger partial charge in [0.15, 0.2) is 0 Å². The Morgan fingerprint density at radius 2 is 1.84 bits per heavy atom. The molecule has 4 nitrogen and oxygen atoms in total. The summed E-state index contributed by atoms with van der Waals surface area (Å²) in [4.78, 5) is 16.7. The van der Waals surface area contributed by atoms with E-state index in [9.17, 15) is 4.79 Å². The number of nitrogens with one attached hydrogen (secondary N) is 1. The van der Waals surface area contributed by atoms with Gasteiger partial charge in [-0.2, -0.15) is 0 Å². The van der Waals surface area contributed by atoms with Crippen molar-refractivity contribution in [1.82, 2.24) is 15.1 Å². The summed E-state index contributed by atoms with van der Waals surface area (Å²) in [6.07, 6.45) is 3.39. The maximum atomic E-state index is 11.6. The molecule has 2 aliphatic rings. The van der Waals surface area contributed by atoms with E-state index in [1.54, 1.807) is 0 Å². The fraction of sp³-hybridized carbons (Fsp3) is 0.933. The topological polar surface area (TPSA) is 35.6 Å². The molecule has 0 radical (unpaired) electrons. The summed E-state index contributed by atoms with van der Waals surface area (Å²) < 4.78 is 0. The molecule has 1 heterocycles. The fourth-order valence-corrected chi connectivity index (χ4v) is 2.76. The normalized spacial score (nSPS) is 23.6. The third kappa shape index (κ3) is 4.46. The highest BCUT2D eigenvalue weighted by Crippen LogP contribution is 2.27. The Morgan fingerprint density at radius 3 is 2.32 bits per heavy atom. The maximum absolute atomic E-state index is 11.6. The first-order chi connectivity index (χ1) is 9.10. The minimum Gasteiger partial charge on any atom is -0.352 e. The van der Waals surface area contributed by atoms with Crippen LogP contribution in [0.25, 0.3) is 0 Å². The monoisotopic (exact) mass is 267 g/mol. The van der Waals surface area contributed by atoms with Gasteiger partial charge < -0.3 is 5.32 Å². The van der Waals surface area contributed by atoms with E-state index < -0.39 is 0 Å². The Labute approximate surface area is 117 Å². The Balaban J connectivity index is 1.75. The van der Waals surface area contributed by atoms with Crippen molar-refractivity contribution >= 4 is 5.91 Å². The van der Waals surface area contributed by atoms with E-state index in [0.717, 1.165) is 25.7 Å². The molecule has 1 unspecified atom stereocenters. The summed E-state index contributed by atoms with van der Waals surface area (Å²) in [7, 11) is 0. The molecular weight excluding hydrogens is 238 g/mol. The molecule has 110 valence electrons. The van der Waals surface area contributed by atoms with Gasteiger partial charge in [0.05, 0.1) is 0 Å². The lowest BCUT2D eigenvalue weighted by atomic mass is 10.0. The average Bonchev–Trinajstić information content (AvgIpc) is 3.23. The van der Waals surface area contributed by atoms with Gasteiger partial charge in [0.2, 0.25) is 5.91 Å². The highest BCUT2D eigenvalue weighted by Gasteiger charge is 2.31. The summed E-state index contributed by atoms with van der Waals surface area (Å²) >= 11 is 0. The van der Waals surface area contributed by atoms with Crippen LogP contribution in [0.4, 0.5) is 0 Å². The molecule has 0 aromatic carbocycles. The Hall–Kier alpha value is -0.610. The van der Waals surface area contributed by atoms with Gasteiger partial charge in [-0.15, -0.1) is 0 Å². The molecule has 1 saturated heterocycles. The molecule has 1 atom stereocenters. The van der Waals surface area contributed by atoms with Gasteiger partial charge in [0, 0.05) is 51.2 Å². The van der Waals surface area contributed by atoms with E-state index in [1.807, 2.05) is 6.92 Å². The number of hydrogen-bond donors (Lipinski definition) is 1. The van der Waals surface area contributed by atoms with Crippen molar-refractivity contribution in [3.05, 3.63) is 0 Å². The highest BCUT2D eigenvalue weighted by molar-refractivity contribution is 5.75. The zero-order chi connectivity index (χ0) is 13.8. The molecule has 1 saturated carbocycles. The number of piperazine rings is 1. The first-order valence-corrected chi connectivity index (χ1v) is 7.86. The highest BCUT2D eigenvalue weighted by atomic mass is 16.1. The maximum Gasteiger partial charge on any atom is 0.219 e. The van der Waals surface area contributed by atoms with Crippen LogP contribution in [0.5, 0.6) is 0 Å². The molecular formula is C15H29N3O. The first-order valence-electron chi connectivity index (χ1n) is 7.86. The van der Waals surface area contributed by atoms with E-state index in [0.29, 0.717) is 18.4 Å². The minimum atomic E-state index is 0.176. The number of rotatable bonds is 6. The lowest BCUT2D eigenvalue weighted by molar-refractivity contribution is -0.122. The zero-order valence-corrected chi connectivity index (χ0v) is 12.7. The lowest BCUT2D eigenvalue weighted by Gasteiger charge is -2.37. The van der Waals surface area contributed by atoms with Crippen LogP contribution in [-0.2, 0) is 4.79 Å². The van der Waals surface area contributed by atoms with Gasteiger partial charge >= 0.3 is 0 Å². The van der Waals surface area contributed by atoms with Crippen LogP contribution in [0.15, 0.2) is 0 Å². The van der Waals surface area contributed by atoms with E-state index >= 15 is 0 Å². The quantitative estimate of drug-likeness (QED) is 0.788. The van der Waals surface area contributed by atoms with Crippen LogP contribution >= 0.6 is 0 Å². The van der Waals surface area contributed by atoms with Crippen LogP contribution in [0, 0.1) is 5.92 Å².